The summed E-state index contributed by atoms with van der Waals surface area (Å²) in [6, 6.07) is 16.8. The monoisotopic (exact) mass is 279 g/mol. The first kappa shape index (κ1) is 13.7. The second-order valence-corrected chi connectivity index (χ2v) is 5.45. The summed E-state index contributed by atoms with van der Waals surface area (Å²) in [6.45, 7) is 6.58. The summed E-state index contributed by atoms with van der Waals surface area (Å²) in [5.74, 6) is 0.871. The van der Waals surface area contributed by atoms with Crippen LogP contribution in [0.3, 0.4) is 0 Å². The van der Waals surface area contributed by atoms with Gasteiger partial charge in [-0.3, -0.25) is 0 Å². The summed E-state index contributed by atoms with van der Waals surface area (Å²) in [5.41, 5.74) is 4.66. The fraction of sp³-hybridized carbons (Fsp3) is 0.263. The van der Waals surface area contributed by atoms with Crippen LogP contribution in [0.4, 0.5) is 5.69 Å². The first-order valence-corrected chi connectivity index (χ1v) is 7.46. The number of nitrogens with zero attached hydrogens (tertiary/aromatic N) is 1. The van der Waals surface area contributed by atoms with Crippen LogP contribution in [0.15, 0.2) is 55.1 Å². The van der Waals surface area contributed by atoms with Crippen molar-refractivity contribution < 1.29 is 4.74 Å². The molecule has 0 N–H and O–H groups in total. The van der Waals surface area contributed by atoms with E-state index in [-0.39, 0.29) is 0 Å². The van der Waals surface area contributed by atoms with E-state index < -0.39 is 0 Å². The highest BCUT2D eigenvalue weighted by atomic mass is 16.5. The summed E-state index contributed by atoms with van der Waals surface area (Å²) in [7, 11) is 1.68. The topological polar surface area (TPSA) is 12.5 Å². The predicted molar refractivity (Wildman–Crippen MR) is 89.0 cm³/mol. The third-order valence-corrected chi connectivity index (χ3v) is 4.13. The Labute approximate surface area is 126 Å². The molecule has 0 radical (unpaired) electrons. The van der Waals surface area contributed by atoms with Crippen molar-refractivity contribution in [1.29, 1.82) is 0 Å². The molecule has 108 valence electrons. The van der Waals surface area contributed by atoms with Crippen molar-refractivity contribution in [1.82, 2.24) is 0 Å². The van der Waals surface area contributed by atoms with Crippen LogP contribution < -0.4 is 9.64 Å². The van der Waals surface area contributed by atoms with Crippen LogP contribution in [0, 0.1) is 0 Å². The molecule has 1 aliphatic heterocycles. The van der Waals surface area contributed by atoms with Crippen molar-refractivity contribution in [3.8, 4) is 5.75 Å². The van der Waals surface area contributed by atoms with E-state index in [1.807, 2.05) is 12.1 Å². The lowest BCUT2D eigenvalue weighted by molar-refractivity contribution is 0.415. The quantitative estimate of drug-likeness (QED) is 0.824. The first-order chi connectivity index (χ1) is 10.3. The van der Waals surface area contributed by atoms with Crippen LogP contribution in [-0.4, -0.2) is 20.2 Å². The van der Waals surface area contributed by atoms with E-state index in [4.69, 9.17) is 4.74 Å². The van der Waals surface area contributed by atoms with Gasteiger partial charge in [0.25, 0.3) is 0 Å². The number of hydrogen-bond acceptors (Lipinski definition) is 2. The van der Waals surface area contributed by atoms with E-state index in [0.29, 0.717) is 0 Å². The van der Waals surface area contributed by atoms with Crippen molar-refractivity contribution >= 4 is 11.3 Å². The Kier molecular flexibility index (Phi) is 3.96. The molecule has 0 aliphatic carbocycles. The van der Waals surface area contributed by atoms with E-state index in [9.17, 15) is 0 Å². The number of hydrogen-bond donors (Lipinski definition) is 0. The standard InChI is InChI=1S/C19H21NO/c1-15(17-7-11-19(21-2)12-8-17)16-5-9-18(10-6-16)20-13-3-4-14-20/h5-12H,1,3-4,13-14H2,2H3. The molecule has 1 fully saturated rings. The summed E-state index contributed by atoms with van der Waals surface area (Å²) < 4.78 is 5.19. The van der Waals surface area contributed by atoms with Crippen molar-refractivity contribution in [3.05, 3.63) is 66.2 Å². The third-order valence-electron chi connectivity index (χ3n) is 4.13. The normalized spacial score (nSPS) is 14.2. The smallest absolute Gasteiger partial charge is 0.118 e. The molecule has 0 bridgehead atoms. The molecule has 0 amide bonds. The van der Waals surface area contributed by atoms with Gasteiger partial charge in [-0.25, -0.2) is 0 Å². The number of ether oxygens (including phenoxy) is 1. The van der Waals surface area contributed by atoms with Gasteiger partial charge in [-0.2, -0.15) is 0 Å². The van der Waals surface area contributed by atoms with Gasteiger partial charge in [-0.1, -0.05) is 30.8 Å². The van der Waals surface area contributed by atoms with Gasteiger partial charge >= 0.3 is 0 Å². The van der Waals surface area contributed by atoms with E-state index in [2.05, 4.69) is 47.9 Å². The fourth-order valence-corrected chi connectivity index (χ4v) is 2.81. The molecule has 0 atom stereocenters. The lowest BCUT2D eigenvalue weighted by Gasteiger charge is -2.18. The maximum absolute atomic E-state index is 5.19. The molecule has 1 heterocycles. The van der Waals surface area contributed by atoms with E-state index in [0.717, 1.165) is 16.9 Å². The van der Waals surface area contributed by atoms with Gasteiger partial charge in [0, 0.05) is 18.8 Å². The molecule has 2 aromatic carbocycles. The Hall–Kier alpha value is -2.22. The number of anilines is 1. The van der Waals surface area contributed by atoms with Gasteiger partial charge in [0.15, 0.2) is 0 Å². The minimum Gasteiger partial charge on any atom is -0.497 e. The number of methoxy groups -OCH3 is 1. The molecule has 3 rings (SSSR count). The van der Waals surface area contributed by atoms with Crippen LogP contribution in [0.5, 0.6) is 5.75 Å². The van der Waals surface area contributed by atoms with Crippen LogP contribution in [-0.2, 0) is 0 Å². The predicted octanol–water partition coefficient (Wildman–Crippen LogP) is 4.36. The minimum atomic E-state index is 0.871. The van der Waals surface area contributed by atoms with Gasteiger partial charge < -0.3 is 9.64 Å². The molecule has 0 aromatic heterocycles. The van der Waals surface area contributed by atoms with Crippen molar-refractivity contribution in [2.45, 2.75) is 12.8 Å². The Bertz CT molecular complexity index is 607. The van der Waals surface area contributed by atoms with Crippen LogP contribution in [0.2, 0.25) is 0 Å². The Balaban J connectivity index is 1.77. The fourth-order valence-electron chi connectivity index (χ4n) is 2.81. The third kappa shape index (κ3) is 2.94. The zero-order valence-electron chi connectivity index (χ0n) is 12.5. The Morgan fingerprint density at radius 3 is 1.95 bits per heavy atom. The van der Waals surface area contributed by atoms with Crippen molar-refractivity contribution in [2.24, 2.45) is 0 Å². The second kappa shape index (κ2) is 6.04. The summed E-state index contributed by atoms with van der Waals surface area (Å²) in [5, 5.41) is 0. The van der Waals surface area contributed by atoms with Gasteiger partial charge in [0.05, 0.1) is 7.11 Å². The maximum atomic E-state index is 5.19. The van der Waals surface area contributed by atoms with Crippen molar-refractivity contribution in [2.75, 3.05) is 25.1 Å². The molecular weight excluding hydrogens is 258 g/mol. The van der Waals surface area contributed by atoms with Gasteiger partial charge in [-0.15, -0.1) is 0 Å². The van der Waals surface area contributed by atoms with Crippen molar-refractivity contribution in [3.63, 3.8) is 0 Å². The minimum absolute atomic E-state index is 0.871. The zero-order chi connectivity index (χ0) is 14.7. The average molecular weight is 279 g/mol. The molecular formula is C19H21NO. The Morgan fingerprint density at radius 2 is 1.43 bits per heavy atom. The highest BCUT2D eigenvalue weighted by Gasteiger charge is 2.12. The number of rotatable bonds is 4. The van der Waals surface area contributed by atoms with Gasteiger partial charge in [0.1, 0.15) is 5.75 Å². The maximum Gasteiger partial charge on any atom is 0.118 e. The van der Waals surface area contributed by atoms with Gasteiger partial charge in [0.2, 0.25) is 0 Å². The lowest BCUT2D eigenvalue weighted by Crippen LogP contribution is -2.17. The SMILES string of the molecule is C=C(c1ccc(OC)cc1)c1ccc(N2CCCC2)cc1. The summed E-state index contributed by atoms with van der Waals surface area (Å²) in [4.78, 5) is 2.44. The summed E-state index contributed by atoms with van der Waals surface area (Å²) >= 11 is 0. The van der Waals surface area contributed by atoms with E-state index in [1.54, 1.807) is 7.11 Å². The molecule has 0 saturated carbocycles. The van der Waals surface area contributed by atoms with E-state index >= 15 is 0 Å². The zero-order valence-corrected chi connectivity index (χ0v) is 12.5. The second-order valence-electron chi connectivity index (χ2n) is 5.45. The Morgan fingerprint density at radius 1 is 0.905 bits per heavy atom. The van der Waals surface area contributed by atoms with Crippen LogP contribution >= 0.6 is 0 Å². The van der Waals surface area contributed by atoms with Gasteiger partial charge in [-0.05, 0) is 53.8 Å². The highest BCUT2D eigenvalue weighted by Crippen LogP contribution is 2.26. The molecule has 2 nitrogen and oxygen atoms in total. The summed E-state index contributed by atoms with van der Waals surface area (Å²) in [6.07, 6.45) is 2.61. The molecule has 21 heavy (non-hydrogen) atoms. The molecule has 2 aromatic rings. The highest BCUT2D eigenvalue weighted by molar-refractivity contribution is 5.79. The number of benzene rings is 2. The van der Waals surface area contributed by atoms with E-state index in [1.165, 1.54) is 37.2 Å². The largest absolute Gasteiger partial charge is 0.497 e. The van der Waals surface area contributed by atoms with Crippen LogP contribution in [0.1, 0.15) is 24.0 Å². The van der Waals surface area contributed by atoms with Crippen LogP contribution in [0.25, 0.3) is 5.57 Å². The molecule has 0 spiro atoms. The molecule has 1 saturated heterocycles. The first-order valence-electron chi connectivity index (χ1n) is 7.46. The molecule has 1 aliphatic rings. The lowest BCUT2D eigenvalue weighted by atomic mass is 9.99. The molecule has 0 unspecified atom stereocenters. The average Bonchev–Trinajstić information content (AvgIpc) is 3.09. The molecule has 2 heteroatoms.